The number of nitrogen functional groups attached to an aromatic ring is 1. The number of carbonyl (C=O) groups is 1. The largest absolute Gasteiger partial charge is 0.396 e. The number of halogens is 3. The van der Waals surface area contributed by atoms with Crippen LogP contribution in [0.15, 0.2) is 29.0 Å². The topological polar surface area (TPSA) is 72.9 Å². The zero-order chi connectivity index (χ0) is 14.0. The maximum atomic E-state index is 11.8. The highest BCUT2D eigenvalue weighted by Gasteiger charge is 2.11. The van der Waals surface area contributed by atoms with E-state index in [-0.39, 0.29) is 12.5 Å². The minimum Gasteiger partial charge on any atom is -0.396 e. The van der Waals surface area contributed by atoms with Crippen molar-refractivity contribution in [1.82, 2.24) is 9.78 Å². The summed E-state index contributed by atoms with van der Waals surface area (Å²) in [6.45, 7) is 0.0277. The molecule has 0 aliphatic heterocycles. The maximum absolute atomic E-state index is 11.8. The van der Waals surface area contributed by atoms with Gasteiger partial charge in [-0.15, -0.1) is 0 Å². The number of nitrogens with zero attached hydrogens (tertiary/aromatic N) is 2. The number of amides is 1. The van der Waals surface area contributed by atoms with Gasteiger partial charge in [0.25, 0.3) is 0 Å². The predicted molar refractivity (Wildman–Crippen MR) is 79.4 cm³/mol. The quantitative estimate of drug-likeness (QED) is 0.879. The van der Waals surface area contributed by atoms with Gasteiger partial charge in [0.15, 0.2) is 0 Å². The van der Waals surface area contributed by atoms with Crippen molar-refractivity contribution < 1.29 is 4.79 Å². The van der Waals surface area contributed by atoms with E-state index in [1.807, 2.05) is 0 Å². The van der Waals surface area contributed by atoms with E-state index in [1.165, 1.54) is 10.9 Å². The third-order valence-corrected chi connectivity index (χ3v) is 3.28. The number of carbonyl (C=O) groups excluding carboxylic acids is 1. The number of benzene rings is 1. The molecule has 0 aliphatic carbocycles. The van der Waals surface area contributed by atoms with Crippen LogP contribution in [0.1, 0.15) is 0 Å². The molecule has 0 spiro atoms. The SMILES string of the molecule is Nc1cnn(CC(=O)Nc2c(Cl)cc(Br)cc2Cl)c1. The Morgan fingerprint density at radius 1 is 1.42 bits per heavy atom. The van der Waals surface area contributed by atoms with Gasteiger partial charge in [0, 0.05) is 10.7 Å². The van der Waals surface area contributed by atoms with Crippen molar-refractivity contribution in [2.45, 2.75) is 6.54 Å². The Bertz CT molecular complexity index is 606. The lowest BCUT2D eigenvalue weighted by Crippen LogP contribution is -2.19. The van der Waals surface area contributed by atoms with E-state index < -0.39 is 0 Å². The summed E-state index contributed by atoms with van der Waals surface area (Å²) in [5.74, 6) is -0.297. The number of anilines is 2. The number of rotatable bonds is 3. The second-order valence-corrected chi connectivity index (χ2v) is 5.49. The smallest absolute Gasteiger partial charge is 0.246 e. The number of hydrogen-bond acceptors (Lipinski definition) is 3. The van der Waals surface area contributed by atoms with Crippen LogP contribution in [0.25, 0.3) is 0 Å². The number of hydrogen-bond donors (Lipinski definition) is 2. The van der Waals surface area contributed by atoms with Gasteiger partial charge in [-0.05, 0) is 12.1 Å². The van der Waals surface area contributed by atoms with Crippen LogP contribution in [0.3, 0.4) is 0 Å². The van der Waals surface area contributed by atoms with Gasteiger partial charge in [-0.1, -0.05) is 39.1 Å². The summed E-state index contributed by atoms with van der Waals surface area (Å²) in [5, 5.41) is 7.26. The molecule has 0 atom stereocenters. The molecule has 100 valence electrons. The second kappa shape index (κ2) is 5.81. The summed E-state index contributed by atoms with van der Waals surface area (Å²) in [4.78, 5) is 11.8. The predicted octanol–water partition coefficient (Wildman–Crippen LogP) is 3.17. The molecule has 8 heteroatoms. The van der Waals surface area contributed by atoms with Crippen LogP contribution in [0.5, 0.6) is 0 Å². The highest BCUT2D eigenvalue weighted by atomic mass is 79.9. The Kier molecular flexibility index (Phi) is 4.34. The summed E-state index contributed by atoms with van der Waals surface area (Å²) in [6.07, 6.45) is 3.03. The third-order valence-electron chi connectivity index (χ3n) is 2.23. The minimum atomic E-state index is -0.297. The van der Waals surface area contributed by atoms with Gasteiger partial charge in [0.05, 0.1) is 27.6 Å². The molecule has 2 aromatic rings. The van der Waals surface area contributed by atoms with Gasteiger partial charge in [0.2, 0.25) is 5.91 Å². The first-order valence-electron chi connectivity index (χ1n) is 5.18. The summed E-state index contributed by atoms with van der Waals surface area (Å²) in [7, 11) is 0. The van der Waals surface area contributed by atoms with E-state index in [2.05, 4.69) is 26.3 Å². The molecule has 1 aromatic heterocycles. The molecule has 1 aromatic carbocycles. The van der Waals surface area contributed by atoms with Crippen LogP contribution in [0.2, 0.25) is 10.0 Å². The standard InChI is InChI=1S/C11H9BrCl2N4O/c12-6-1-8(13)11(9(14)2-6)17-10(19)5-18-4-7(15)3-16-18/h1-4H,5,15H2,(H,17,19). The molecule has 0 bridgehead atoms. The Morgan fingerprint density at radius 2 is 2.05 bits per heavy atom. The maximum Gasteiger partial charge on any atom is 0.246 e. The summed E-state index contributed by atoms with van der Waals surface area (Å²) in [6, 6.07) is 3.30. The monoisotopic (exact) mass is 362 g/mol. The van der Waals surface area contributed by atoms with E-state index in [4.69, 9.17) is 28.9 Å². The van der Waals surface area contributed by atoms with Crippen molar-refractivity contribution >= 4 is 56.4 Å². The Morgan fingerprint density at radius 3 is 2.58 bits per heavy atom. The highest BCUT2D eigenvalue weighted by Crippen LogP contribution is 2.33. The van der Waals surface area contributed by atoms with Gasteiger partial charge in [0.1, 0.15) is 6.54 Å². The molecule has 1 heterocycles. The zero-order valence-corrected chi connectivity index (χ0v) is 12.6. The van der Waals surface area contributed by atoms with Crippen molar-refractivity contribution in [3.05, 3.63) is 39.0 Å². The number of nitrogens with two attached hydrogens (primary N) is 1. The first-order chi connectivity index (χ1) is 8.95. The number of aromatic nitrogens is 2. The molecule has 0 saturated carbocycles. The van der Waals surface area contributed by atoms with Crippen molar-refractivity contribution in [2.24, 2.45) is 0 Å². The molecule has 0 saturated heterocycles. The Hall–Kier alpha value is -1.24. The Labute approximate surface area is 127 Å². The normalized spacial score (nSPS) is 10.5. The molecule has 3 N–H and O–H groups in total. The van der Waals surface area contributed by atoms with Crippen LogP contribution in [0, 0.1) is 0 Å². The van der Waals surface area contributed by atoms with Gasteiger partial charge < -0.3 is 11.1 Å². The number of nitrogens with one attached hydrogen (secondary N) is 1. The third kappa shape index (κ3) is 3.62. The van der Waals surface area contributed by atoms with Crippen molar-refractivity contribution in [2.75, 3.05) is 11.1 Å². The fourth-order valence-corrected chi connectivity index (χ4v) is 2.76. The van der Waals surface area contributed by atoms with Crippen LogP contribution in [0.4, 0.5) is 11.4 Å². The van der Waals surface area contributed by atoms with Gasteiger partial charge in [-0.3, -0.25) is 9.48 Å². The molecular weight excluding hydrogens is 355 g/mol. The zero-order valence-electron chi connectivity index (χ0n) is 9.53. The van der Waals surface area contributed by atoms with E-state index in [9.17, 15) is 4.79 Å². The lowest BCUT2D eigenvalue weighted by atomic mass is 10.3. The van der Waals surface area contributed by atoms with Gasteiger partial charge in [-0.2, -0.15) is 5.10 Å². The highest BCUT2D eigenvalue weighted by molar-refractivity contribution is 9.10. The lowest BCUT2D eigenvalue weighted by Gasteiger charge is -2.09. The van der Waals surface area contributed by atoms with Gasteiger partial charge >= 0.3 is 0 Å². The fourth-order valence-electron chi connectivity index (χ4n) is 1.45. The summed E-state index contributed by atoms with van der Waals surface area (Å²) >= 11 is 15.3. The van der Waals surface area contributed by atoms with Crippen LogP contribution in [-0.2, 0) is 11.3 Å². The van der Waals surface area contributed by atoms with Gasteiger partial charge in [-0.25, -0.2) is 0 Å². The van der Waals surface area contributed by atoms with Crippen molar-refractivity contribution in [3.63, 3.8) is 0 Å². The molecule has 0 unspecified atom stereocenters. The molecule has 0 aliphatic rings. The molecular formula is C11H9BrCl2N4O. The minimum absolute atomic E-state index is 0.0277. The molecule has 19 heavy (non-hydrogen) atoms. The van der Waals surface area contributed by atoms with Crippen molar-refractivity contribution in [3.8, 4) is 0 Å². The molecule has 0 fully saturated rings. The molecule has 2 rings (SSSR count). The Balaban J connectivity index is 2.11. The second-order valence-electron chi connectivity index (χ2n) is 3.76. The molecule has 1 amide bonds. The molecule has 5 nitrogen and oxygen atoms in total. The van der Waals surface area contributed by atoms with E-state index >= 15 is 0 Å². The average Bonchev–Trinajstić information content (AvgIpc) is 2.69. The first kappa shape index (κ1) is 14.2. The first-order valence-corrected chi connectivity index (χ1v) is 6.73. The van der Waals surface area contributed by atoms with Crippen LogP contribution >= 0.6 is 39.1 Å². The summed E-state index contributed by atoms with van der Waals surface area (Å²) in [5.41, 5.74) is 6.37. The van der Waals surface area contributed by atoms with Crippen molar-refractivity contribution in [1.29, 1.82) is 0 Å². The van der Waals surface area contributed by atoms with E-state index in [1.54, 1.807) is 18.3 Å². The van der Waals surface area contributed by atoms with Crippen LogP contribution < -0.4 is 11.1 Å². The average molecular weight is 364 g/mol. The van der Waals surface area contributed by atoms with Crippen LogP contribution in [-0.4, -0.2) is 15.7 Å². The molecule has 0 radical (unpaired) electrons. The lowest BCUT2D eigenvalue weighted by molar-refractivity contribution is -0.116. The summed E-state index contributed by atoms with van der Waals surface area (Å²) < 4.78 is 2.16. The van der Waals surface area contributed by atoms with E-state index in [0.29, 0.717) is 21.4 Å². The fraction of sp³-hybridized carbons (Fsp3) is 0.0909. The van der Waals surface area contributed by atoms with E-state index in [0.717, 1.165) is 4.47 Å².